The second-order valence-electron chi connectivity index (χ2n) is 6.35. The van der Waals surface area contributed by atoms with E-state index in [-0.39, 0.29) is 5.78 Å². The van der Waals surface area contributed by atoms with Gasteiger partial charge in [0.15, 0.2) is 5.78 Å². The van der Waals surface area contributed by atoms with E-state index in [1.807, 2.05) is 42.5 Å². The van der Waals surface area contributed by atoms with Crippen LogP contribution in [-0.2, 0) is 4.79 Å². The zero-order valence-electron chi connectivity index (χ0n) is 14.9. The van der Waals surface area contributed by atoms with Gasteiger partial charge in [-0.05, 0) is 65.6 Å². The van der Waals surface area contributed by atoms with Crippen molar-refractivity contribution in [3.05, 3.63) is 65.7 Å². The minimum absolute atomic E-state index is 0.000995. The fourth-order valence-electron chi connectivity index (χ4n) is 3.05. The first-order chi connectivity index (χ1) is 12.4. The van der Waals surface area contributed by atoms with Gasteiger partial charge in [0, 0.05) is 5.56 Å². The van der Waals surface area contributed by atoms with Crippen LogP contribution in [-0.4, -0.2) is 24.0 Å². The lowest BCUT2D eigenvalue weighted by Crippen LogP contribution is -2.09. The number of benzene rings is 3. The van der Waals surface area contributed by atoms with E-state index >= 15 is 0 Å². The maximum Gasteiger partial charge on any atom is 0.310 e. The number of carbonyl (C=O) groups is 2. The van der Waals surface area contributed by atoms with E-state index in [9.17, 15) is 14.7 Å². The molecular formula is C22H20O4. The number of carboxylic acids is 1. The minimum atomic E-state index is -0.875. The SMILES string of the molecule is COc1ccc2cc(C(C)C(=O)O)c(-c3ccc(C(C)=O)cc3)cc2c1. The Labute approximate surface area is 152 Å². The summed E-state index contributed by atoms with van der Waals surface area (Å²) in [6, 6.07) is 16.9. The first kappa shape index (κ1) is 17.7. The van der Waals surface area contributed by atoms with Gasteiger partial charge in [-0.3, -0.25) is 9.59 Å². The lowest BCUT2D eigenvalue weighted by Gasteiger charge is -2.16. The van der Waals surface area contributed by atoms with Crippen LogP contribution in [0.15, 0.2) is 54.6 Å². The first-order valence-electron chi connectivity index (χ1n) is 8.36. The molecule has 132 valence electrons. The van der Waals surface area contributed by atoms with Crippen LogP contribution in [0.3, 0.4) is 0 Å². The summed E-state index contributed by atoms with van der Waals surface area (Å²) in [5.41, 5.74) is 3.09. The number of methoxy groups -OCH3 is 1. The molecule has 0 aliphatic rings. The van der Waals surface area contributed by atoms with Gasteiger partial charge in [-0.2, -0.15) is 0 Å². The summed E-state index contributed by atoms with van der Waals surface area (Å²) in [5, 5.41) is 11.4. The highest BCUT2D eigenvalue weighted by Gasteiger charge is 2.19. The number of fused-ring (bicyclic) bond motifs is 1. The van der Waals surface area contributed by atoms with Crippen molar-refractivity contribution in [3.63, 3.8) is 0 Å². The Hall–Kier alpha value is -3.14. The molecule has 0 aliphatic carbocycles. The van der Waals surface area contributed by atoms with Crippen LogP contribution in [0.5, 0.6) is 5.75 Å². The predicted octanol–water partition coefficient (Wildman–Crippen LogP) is 4.91. The molecule has 0 saturated carbocycles. The van der Waals surface area contributed by atoms with Gasteiger partial charge in [0.25, 0.3) is 0 Å². The summed E-state index contributed by atoms with van der Waals surface area (Å²) >= 11 is 0. The van der Waals surface area contributed by atoms with Crippen molar-refractivity contribution in [2.24, 2.45) is 0 Å². The smallest absolute Gasteiger partial charge is 0.310 e. The number of hydrogen-bond donors (Lipinski definition) is 1. The summed E-state index contributed by atoms with van der Waals surface area (Å²) in [7, 11) is 1.61. The Kier molecular flexibility index (Phi) is 4.76. The van der Waals surface area contributed by atoms with Gasteiger partial charge in [-0.15, -0.1) is 0 Å². The number of ketones is 1. The number of hydrogen-bond acceptors (Lipinski definition) is 3. The second kappa shape index (κ2) is 7.00. The number of carboxylic acid groups (broad SMARTS) is 1. The van der Waals surface area contributed by atoms with E-state index in [4.69, 9.17) is 4.74 Å². The Morgan fingerprint density at radius 3 is 2.23 bits per heavy atom. The van der Waals surface area contributed by atoms with Gasteiger partial charge in [0.2, 0.25) is 0 Å². The monoisotopic (exact) mass is 348 g/mol. The number of Topliss-reactive ketones (excluding diaryl/α,β-unsaturated/α-hetero) is 1. The number of aliphatic carboxylic acids is 1. The molecule has 26 heavy (non-hydrogen) atoms. The lowest BCUT2D eigenvalue weighted by molar-refractivity contribution is -0.138. The molecule has 3 aromatic rings. The van der Waals surface area contributed by atoms with Gasteiger partial charge in [-0.25, -0.2) is 0 Å². The third-order valence-electron chi connectivity index (χ3n) is 4.66. The van der Waals surface area contributed by atoms with E-state index in [2.05, 4.69) is 0 Å². The molecule has 0 spiro atoms. The molecule has 0 amide bonds. The molecule has 4 nitrogen and oxygen atoms in total. The largest absolute Gasteiger partial charge is 0.497 e. The van der Waals surface area contributed by atoms with Gasteiger partial charge < -0.3 is 9.84 Å². The van der Waals surface area contributed by atoms with Gasteiger partial charge in [-0.1, -0.05) is 30.3 Å². The fraction of sp³-hybridized carbons (Fsp3) is 0.182. The van der Waals surface area contributed by atoms with Crippen molar-refractivity contribution in [1.82, 2.24) is 0 Å². The number of rotatable bonds is 5. The Bertz CT molecular complexity index is 987. The fourth-order valence-corrected chi connectivity index (χ4v) is 3.05. The number of carbonyl (C=O) groups excluding carboxylic acids is 1. The average Bonchev–Trinajstić information content (AvgIpc) is 2.65. The maximum absolute atomic E-state index is 11.6. The molecule has 0 aliphatic heterocycles. The highest BCUT2D eigenvalue weighted by molar-refractivity contribution is 5.96. The van der Waals surface area contributed by atoms with Crippen LogP contribution in [0.1, 0.15) is 35.7 Å². The molecule has 0 heterocycles. The third-order valence-corrected chi connectivity index (χ3v) is 4.66. The highest BCUT2D eigenvalue weighted by Crippen LogP contribution is 2.35. The third kappa shape index (κ3) is 3.31. The molecule has 0 saturated heterocycles. The molecule has 3 rings (SSSR count). The maximum atomic E-state index is 11.6. The molecule has 1 N–H and O–H groups in total. The van der Waals surface area contributed by atoms with Gasteiger partial charge in [0.1, 0.15) is 5.75 Å². The van der Waals surface area contributed by atoms with Crippen molar-refractivity contribution >= 4 is 22.5 Å². The molecule has 3 aromatic carbocycles. The quantitative estimate of drug-likeness (QED) is 0.666. The highest BCUT2D eigenvalue weighted by atomic mass is 16.5. The van der Waals surface area contributed by atoms with Crippen molar-refractivity contribution in [3.8, 4) is 16.9 Å². The van der Waals surface area contributed by atoms with Crippen LogP contribution in [0.2, 0.25) is 0 Å². The van der Waals surface area contributed by atoms with E-state index in [1.165, 1.54) is 6.92 Å². The van der Waals surface area contributed by atoms with Crippen molar-refractivity contribution in [1.29, 1.82) is 0 Å². The molecule has 4 heteroatoms. The topological polar surface area (TPSA) is 63.6 Å². The van der Waals surface area contributed by atoms with Crippen molar-refractivity contribution in [2.45, 2.75) is 19.8 Å². The van der Waals surface area contributed by atoms with Crippen molar-refractivity contribution in [2.75, 3.05) is 7.11 Å². The molecule has 1 unspecified atom stereocenters. The lowest BCUT2D eigenvalue weighted by atomic mass is 9.88. The minimum Gasteiger partial charge on any atom is -0.497 e. The predicted molar refractivity (Wildman–Crippen MR) is 102 cm³/mol. The summed E-state index contributed by atoms with van der Waals surface area (Å²) in [6.07, 6.45) is 0. The zero-order chi connectivity index (χ0) is 18.8. The first-order valence-corrected chi connectivity index (χ1v) is 8.36. The summed E-state index contributed by atoms with van der Waals surface area (Å²) < 4.78 is 5.29. The molecule has 0 bridgehead atoms. The summed E-state index contributed by atoms with van der Waals surface area (Å²) in [6.45, 7) is 3.20. The van der Waals surface area contributed by atoms with Gasteiger partial charge >= 0.3 is 5.97 Å². The van der Waals surface area contributed by atoms with E-state index in [0.717, 1.165) is 33.2 Å². The summed E-state index contributed by atoms with van der Waals surface area (Å²) in [5.74, 6) is -0.781. The van der Waals surface area contributed by atoms with Crippen LogP contribution < -0.4 is 4.74 Å². The Balaban J connectivity index is 2.23. The number of ether oxygens (including phenoxy) is 1. The Morgan fingerprint density at radius 1 is 0.962 bits per heavy atom. The van der Waals surface area contributed by atoms with Crippen LogP contribution in [0.25, 0.3) is 21.9 Å². The molecule has 0 fully saturated rings. The molecule has 0 aromatic heterocycles. The second-order valence-corrected chi connectivity index (χ2v) is 6.35. The molecular weight excluding hydrogens is 328 g/mol. The van der Waals surface area contributed by atoms with E-state index in [1.54, 1.807) is 26.2 Å². The standard InChI is InChI=1S/C22H20O4/c1-13(22(24)25)20-11-17-8-9-19(26-3)10-18(17)12-21(20)16-6-4-15(5-7-16)14(2)23/h4-13H,1-3H3,(H,24,25). The molecule has 0 radical (unpaired) electrons. The van der Waals surface area contributed by atoms with Crippen LogP contribution >= 0.6 is 0 Å². The van der Waals surface area contributed by atoms with Crippen LogP contribution in [0, 0.1) is 0 Å². The van der Waals surface area contributed by atoms with Crippen LogP contribution in [0.4, 0.5) is 0 Å². The normalized spacial score (nSPS) is 12.0. The zero-order valence-corrected chi connectivity index (χ0v) is 14.9. The van der Waals surface area contributed by atoms with Crippen molar-refractivity contribution < 1.29 is 19.4 Å². The Morgan fingerprint density at radius 2 is 1.65 bits per heavy atom. The average molecular weight is 348 g/mol. The molecule has 1 atom stereocenters. The van der Waals surface area contributed by atoms with E-state index in [0.29, 0.717) is 5.56 Å². The summed E-state index contributed by atoms with van der Waals surface area (Å²) in [4.78, 5) is 23.1. The van der Waals surface area contributed by atoms with Gasteiger partial charge in [0.05, 0.1) is 13.0 Å². The van der Waals surface area contributed by atoms with E-state index < -0.39 is 11.9 Å².